The second-order valence-electron chi connectivity index (χ2n) is 9.91. The summed E-state index contributed by atoms with van der Waals surface area (Å²) in [6.07, 6.45) is 6.53. The van der Waals surface area contributed by atoms with Crippen LogP contribution < -0.4 is 9.47 Å². The number of benzene rings is 3. The number of para-hydroxylation sites is 1. The first-order valence-corrected chi connectivity index (χ1v) is 14.6. The Morgan fingerprint density at radius 1 is 0.881 bits per heavy atom. The van der Waals surface area contributed by atoms with Gasteiger partial charge < -0.3 is 14.0 Å². The standard InChI is InChI=1S/C34H25N3O4S/c38-32(28-15-17-36-31(28)22-42-33(36)24-10-7-16-35-19-24)29-20-37(34(39)41-25-11-5-2-6-12-25)30-18-26(13-14-27(29)30)40-21-23-8-3-1-4-9-23/h1-20,33H,21-22H2. The lowest BCUT2D eigenvalue weighted by Gasteiger charge is -2.11. The molecule has 0 saturated heterocycles. The molecule has 3 aromatic carbocycles. The molecule has 0 N–H and O–H groups in total. The smallest absolute Gasteiger partial charge is 0.423 e. The molecule has 0 spiro atoms. The average molecular weight is 572 g/mol. The van der Waals surface area contributed by atoms with Crippen molar-refractivity contribution in [3.63, 3.8) is 0 Å². The number of hydrogen-bond donors (Lipinski definition) is 0. The van der Waals surface area contributed by atoms with E-state index in [0.717, 1.165) is 16.8 Å². The van der Waals surface area contributed by atoms with Gasteiger partial charge in [-0.05, 0) is 42.0 Å². The zero-order valence-corrected chi connectivity index (χ0v) is 23.2. The molecule has 7 nitrogen and oxygen atoms in total. The predicted octanol–water partition coefficient (Wildman–Crippen LogP) is 7.49. The quantitative estimate of drug-likeness (QED) is 0.185. The van der Waals surface area contributed by atoms with Crippen molar-refractivity contribution < 1.29 is 19.1 Å². The molecule has 42 heavy (non-hydrogen) atoms. The zero-order chi connectivity index (χ0) is 28.5. The third-order valence-electron chi connectivity index (χ3n) is 7.28. The first kappa shape index (κ1) is 25.9. The van der Waals surface area contributed by atoms with Crippen LogP contribution in [-0.4, -0.2) is 26.0 Å². The fourth-order valence-electron chi connectivity index (χ4n) is 5.23. The Balaban J connectivity index is 1.25. The van der Waals surface area contributed by atoms with Gasteiger partial charge in [0.05, 0.1) is 5.52 Å². The van der Waals surface area contributed by atoms with E-state index in [2.05, 4.69) is 9.55 Å². The number of rotatable bonds is 7. The number of pyridine rings is 1. The molecule has 1 atom stereocenters. The first-order valence-electron chi connectivity index (χ1n) is 13.5. The number of carbonyl (C=O) groups excluding carboxylic acids is 2. The van der Waals surface area contributed by atoms with Gasteiger partial charge in [-0.15, -0.1) is 11.8 Å². The van der Waals surface area contributed by atoms with E-state index in [-0.39, 0.29) is 11.2 Å². The number of ether oxygens (including phenoxy) is 2. The number of aromatic nitrogens is 3. The summed E-state index contributed by atoms with van der Waals surface area (Å²) in [5, 5.41) is 0.702. The van der Waals surface area contributed by atoms with Crippen molar-refractivity contribution in [2.75, 3.05) is 0 Å². The highest BCUT2D eigenvalue weighted by atomic mass is 32.2. The Morgan fingerprint density at radius 2 is 1.69 bits per heavy atom. The maximum Gasteiger partial charge on any atom is 0.423 e. The van der Waals surface area contributed by atoms with E-state index in [4.69, 9.17) is 9.47 Å². The molecule has 8 heteroatoms. The van der Waals surface area contributed by atoms with Crippen LogP contribution in [0.5, 0.6) is 11.5 Å². The molecule has 1 aliphatic rings. The Morgan fingerprint density at radius 3 is 2.48 bits per heavy atom. The normalized spacial score (nSPS) is 14.0. The van der Waals surface area contributed by atoms with Crippen molar-refractivity contribution in [1.82, 2.24) is 14.1 Å². The van der Waals surface area contributed by atoms with Crippen LogP contribution in [0.15, 0.2) is 122 Å². The van der Waals surface area contributed by atoms with Gasteiger partial charge in [0, 0.05) is 64.4 Å². The monoisotopic (exact) mass is 571 g/mol. The molecular weight excluding hydrogens is 546 g/mol. The molecule has 4 heterocycles. The van der Waals surface area contributed by atoms with Gasteiger partial charge in [0.2, 0.25) is 0 Å². The van der Waals surface area contributed by atoms with E-state index < -0.39 is 6.09 Å². The molecule has 3 aromatic heterocycles. The largest absolute Gasteiger partial charge is 0.489 e. The third-order valence-corrected chi connectivity index (χ3v) is 8.54. The van der Waals surface area contributed by atoms with Crippen LogP contribution in [0.25, 0.3) is 10.9 Å². The molecule has 7 rings (SSSR count). The van der Waals surface area contributed by atoms with E-state index in [1.807, 2.05) is 79.1 Å². The number of carbonyl (C=O) groups is 2. The lowest BCUT2D eigenvalue weighted by molar-refractivity contribution is 0.103. The van der Waals surface area contributed by atoms with E-state index in [0.29, 0.717) is 45.9 Å². The Bertz CT molecular complexity index is 1900. The lowest BCUT2D eigenvalue weighted by Crippen LogP contribution is -2.16. The van der Waals surface area contributed by atoms with Gasteiger partial charge in [0.15, 0.2) is 5.78 Å². The molecule has 0 aliphatic carbocycles. The van der Waals surface area contributed by atoms with Crippen LogP contribution in [0.4, 0.5) is 4.79 Å². The highest BCUT2D eigenvalue weighted by Crippen LogP contribution is 2.42. The summed E-state index contributed by atoms with van der Waals surface area (Å²) in [7, 11) is 0. The van der Waals surface area contributed by atoms with Gasteiger partial charge in [-0.25, -0.2) is 4.79 Å². The number of hydrogen-bond acceptors (Lipinski definition) is 6. The van der Waals surface area contributed by atoms with Gasteiger partial charge in [-0.3, -0.25) is 14.3 Å². The maximum absolute atomic E-state index is 14.1. The molecule has 0 radical (unpaired) electrons. The van der Waals surface area contributed by atoms with E-state index in [1.165, 1.54) is 4.57 Å². The SMILES string of the molecule is O=C(c1ccn2c1CSC2c1cccnc1)c1cn(C(=O)Oc2ccccc2)c2cc(OCc3ccccc3)ccc12. The van der Waals surface area contributed by atoms with Crippen molar-refractivity contribution in [3.8, 4) is 11.5 Å². The number of fused-ring (bicyclic) bond motifs is 2. The Kier molecular flexibility index (Phi) is 6.81. The van der Waals surface area contributed by atoms with E-state index in [9.17, 15) is 9.59 Å². The minimum Gasteiger partial charge on any atom is -0.489 e. The topological polar surface area (TPSA) is 75.4 Å². The fourth-order valence-corrected chi connectivity index (χ4v) is 6.54. The van der Waals surface area contributed by atoms with E-state index in [1.54, 1.807) is 54.5 Å². The molecule has 6 aromatic rings. The summed E-state index contributed by atoms with van der Waals surface area (Å²) in [6, 6.07) is 30.0. The average Bonchev–Trinajstić information content (AvgIpc) is 3.75. The predicted molar refractivity (Wildman–Crippen MR) is 162 cm³/mol. The first-order chi connectivity index (χ1) is 20.7. The fraction of sp³-hybridized carbons (Fsp3) is 0.0882. The molecule has 0 saturated carbocycles. The van der Waals surface area contributed by atoms with Crippen LogP contribution in [0.3, 0.4) is 0 Å². The van der Waals surface area contributed by atoms with E-state index >= 15 is 0 Å². The van der Waals surface area contributed by atoms with Crippen LogP contribution in [0.1, 0.15) is 38.1 Å². The van der Waals surface area contributed by atoms with Crippen molar-refractivity contribution in [2.24, 2.45) is 0 Å². The molecule has 1 unspecified atom stereocenters. The van der Waals surface area contributed by atoms with Crippen LogP contribution >= 0.6 is 11.8 Å². The van der Waals surface area contributed by atoms with Gasteiger partial charge in [-0.1, -0.05) is 54.6 Å². The highest BCUT2D eigenvalue weighted by Gasteiger charge is 2.30. The van der Waals surface area contributed by atoms with Crippen LogP contribution in [0.2, 0.25) is 0 Å². The Labute approximate surface area is 246 Å². The molecule has 0 amide bonds. The van der Waals surface area contributed by atoms with Crippen LogP contribution in [-0.2, 0) is 12.4 Å². The molecule has 206 valence electrons. The number of ketones is 1. The third kappa shape index (κ3) is 4.86. The zero-order valence-electron chi connectivity index (χ0n) is 22.4. The summed E-state index contributed by atoms with van der Waals surface area (Å²) in [4.78, 5) is 31.7. The van der Waals surface area contributed by atoms with Crippen molar-refractivity contribution >= 4 is 34.5 Å². The lowest BCUT2D eigenvalue weighted by atomic mass is 10.0. The van der Waals surface area contributed by atoms with Gasteiger partial charge >= 0.3 is 6.09 Å². The van der Waals surface area contributed by atoms with Gasteiger partial charge in [0.1, 0.15) is 23.5 Å². The van der Waals surface area contributed by atoms with Gasteiger partial charge in [0.25, 0.3) is 0 Å². The highest BCUT2D eigenvalue weighted by molar-refractivity contribution is 7.99. The molecular formula is C34H25N3O4S. The molecule has 0 bridgehead atoms. The van der Waals surface area contributed by atoms with Crippen molar-refractivity contribution in [3.05, 3.63) is 150 Å². The van der Waals surface area contributed by atoms with Crippen molar-refractivity contribution in [2.45, 2.75) is 17.7 Å². The Hall–Kier alpha value is -5.08. The van der Waals surface area contributed by atoms with Gasteiger partial charge in [-0.2, -0.15) is 0 Å². The number of nitrogens with zero attached hydrogens (tertiary/aromatic N) is 3. The van der Waals surface area contributed by atoms with Crippen molar-refractivity contribution in [1.29, 1.82) is 0 Å². The molecule has 0 fully saturated rings. The summed E-state index contributed by atoms with van der Waals surface area (Å²) in [5.41, 5.74) is 4.64. The molecule has 1 aliphatic heterocycles. The summed E-state index contributed by atoms with van der Waals surface area (Å²) in [6.45, 7) is 0.375. The summed E-state index contributed by atoms with van der Waals surface area (Å²) < 4.78 is 15.2. The van der Waals surface area contributed by atoms with Crippen LogP contribution in [0, 0.1) is 0 Å². The summed E-state index contributed by atoms with van der Waals surface area (Å²) in [5.74, 6) is 1.54. The second kappa shape index (κ2) is 11.1. The maximum atomic E-state index is 14.1. The summed E-state index contributed by atoms with van der Waals surface area (Å²) >= 11 is 1.75. The second-order valence-corrected chi connectivity index (χ2v) is 11.0. The minimum absolute atomic E-state index is 0.0572. The minimum atomic E-state index is -0.611. The number of thioether (sulfide) groups is 1.